The van der Waals surface area contributed by atoms with Crippen molar-refractivity contribution in [3.05, 3.63) is 41.0 Å². The lowest BCUT2D eigenvalue weighted by Crippen LogP contribution is -2.59. The summed E-state index contributed by atoms with van der Waals surface area (Å²) in [6.45, 7) is 8.14. The molecule has 0 radical (unpaired) electrons. The lowest BCUT2D eigenvalue weighted by molar-refractivity contribution is -0.119. The smallest absolute Gasteiger partial charge is 0.162 e. The zero-order chi connectivity index (χ0) is 15.0. The summed E-state index contributed by atoms with van der Waals surface area (Å²) in [6.07, 6.45) is 3.23. The first-order chi connectivity index (χ1) is 9.23. The predicted molar refractivity (Wildman–Crippen MR) is 80.7 cm³/mol. The van der Waals surface area contributed by atoms with E-state index in [4.69, 9.17) is 0 Å². The van der Waals surface area contributed by atoms with E-state index in [2.05, 4.69) is 5.32 Å². The highest BCUT2D eigenvalue weighted by Gasteiger charge is 2.40. The van der Waals surface area contributed by atoms with Crippen molar-refractivity contribution in [3.8, 4) is 0 Å². The maximum absolute atomic E-state index is 12.4. The molecule has 1 fully saturated rings. The van der Waals surface area contributed by atoms with Crippen LogP contribution in [0.3, 0.4) is 0 Å². The fourth-order valence-corrected chi connectivity index (χ4v) is 2.90. The van der Waals surface area contributed by atoms with E-state index in [-0.39, 0.29) is 16.9 Å². The molecule has 1 aliphatic rings. The topological polar surface area (TPSA) is 46.2 Å². The summed E-state index contributed by atoms with van der Waals surface area (Å²) in [5.41, 5.74) is 1.83. The molecule has 0 unspecified atom stereocenters. The quantitative estimate of drug-likeness (QED) is 0.664. The second kappa shape index (κ2) is 4.98. The Morgan fingerprint density at radius 2 is 1.60 bits per heavy atom. The minimum atomic E-state index is -0.359. The maximum atomic E-state index is 12.4. The summed E-state index contributed by atoms with van der Waals surface area (Å²) in [4.78, 5) is 23.0. The van der Waals surface area contributed by atoms with E-state index in [0.717, 1.165) is 17.4 Å². The largest absolute Gasteiger partial charge is 0.302 e. The lowest BCUT2D eigenvalue weighted by Gasteiger charge is -2.43. The fraction of sp³-hybridized carbons (Fsp3) is 0.412. The zero-order valence-corrected chi connectivity index (χ0v) is 12.5. The van der Waals surface area contributed by atoms with Gasteiger partial charge in [-0.05, 0) is 39.3 Å². The van der Waals surface area contributed by atoms with Crippen molar-refractivity contribution in [1.29, 1.82) is 0 Å². The van der Waals surface area contributed by atoms with Crippen LogP contribution in [-0.4, -0.2) is 23.1 Å². The van der Waals surface area contributed by atoms with Gasteiger partial charge in [0.15, 0.2) is 5.78 Å². The summed E-state index contributed by atoms with van der Waals surface area (Å²) in [5, 5.41) is 3.51. The van der Waals surface area contributed by atoms with Crippen LogP contribution in [0.15, 0.2) is 29.8 Å². The number of nitrogens with one attached hydrogen (secondary N) is 1. The van der Waals surface area contributed by atoms with E-state index in [1.165, 1.54) is 0 Å². The van der Waals surface area contributed by atoms with Gasteiger partial charge in [-0.3, -0.25) is 9.59 Å². The highest BCUT2D eigenvalue weighted by molar-refractivity contribution is 6.03. The molecule has 106 valence electrons. The van der Waals surface area contributed by atoms with Crippen LogP contribution in [0, 0.1) is 0 Å². The first kappa shape index (κ1) is 14.7. The van der Waals surface area contributed by atoms with Gasteiger partial charge < -0.3 is 5.32 Å². The van der Waals surface area contributed by atoms with Gasteiger partial charge in [-0.25, -0.2) is 0 Å². The van der Waals surface area contributed by atoms with Crippen LogP contribution in [0.4, 0.5) is 0 Å². The van der Waals surface area contributed by atoms with Crippen LogP contribution in [0.2, 0.25) is 0 Å². The molecular formula is C17H21NO2. The van der Waals surface area contributed by atoms with Crippen LogP contribution in [0.1, 0.15) is 50.0 Å². The molecule has 1 heterocycles. The third-order valence-electron chi connectivity index (χ3n) is 3.61. The summed E-state index contributed by atoms with van der Waals surface area (Å²) in [5.74, 6) is 0.179. The monoisotopic (exact) mass is 271 g/mol. The van der Waals surface area contributed by atoms with Crippen LogP contribution < -0.4 is 5.32 Å². The van der Waals surface area contributed by atoms with Crippen molar-refractivity contribution in [2.24, 2.45) is 0 Å². The molecule has 0 aromatic heterocycles. The molecule has 1 saturated heterocycles. The number of hydrogen-bond donors (Lipinski definition) is 1. The minimum Gasteiger partial charge on any atom is -0.302 e. The van der Waals surface area contributed by atoms with Crippen molar-refractivity contribution in [1.82, 2.24) is 5.32 Å². The van der Waals surface area contributed by atoms with Crippen molar-refractivity contribution in [2.75, 3.05) is 0 Å². The molecule has 0 atom stereocenters. The Labute approximate surface area is 120 Å². The van der Waals surface area contributed by atoms with Crippen molar-refractivity contribution >= 4 is 18.1 Å². The number of rotatable bonds is 2. The molecular weight excluding hydrogens is 250 g/mol. The van der Waals surface area contributed by atoms with Crippen molar-refractivity contribution < 1.29 is 9.59 Å². The third-order valence-corrected chi connectivity index (χ3v) is 3.61. The van der Waals surface area contributed by atoms with Gasteiger partial charge >= 0.3 is 0 Å². The Morgan fingerprint density at radius 1 is 1.05 bits per heavy atom. The Hall–Kier alpha value is -1.74. The Morgan fingerprint density at radius 3 is 2.10 bits per heavy atom. The van der Waals surface area contributed by atoms with E-state index in [0.29, 0.717) is 12.0 Å². The second-order valence-electron chi connectivity index (χ2n) is 6.58. The molecule has 3 heteroatoms. The summed E-state index contributed by atoms with van der Waals surface area (Å²) in [7, 11) is 0. The summed E-state index contributed by atoms with van der Waals surface area (Å²) < 4.78 is 0. The fourth-order valence-electron chi connectivity index (χ4n) is 2.90. The average Bonchev–Trinajstić information content (AvgIpc) is 2.32. The average molecular weight is 271 g/mol. The van der Waals surface area contributed by atoms with Crippen LogP contribution >= 0.6 is 0 Å². The molecule has 0 aliphatic carbocycles. The number of aldehydes is 1. The zero-order valence-electron chi connectivity index (χ0n) is 12.5. The first-order valence-electron chi connectivity index (χ1n) is 6.83. The van der Waals surface area contributed by atoms with Gasteiger partial charge in [0, 0.05) is 28.6 Å². The molecule has 0 bridgehead atoms. The number of piperidine rings is 1. The lowest BCUT2D eigenvalue weighted by atomic mass is 9.77. The van der Waals surface area contributed by atoms with Gasteiger partial charge in [-0.2, -0.15) is 0 Å². The highest BCUT2D eigenvalue weighted by atomic mass is 16.1. The molecule has 2 rings (SSSR count). The summed E-state index contributed by atoms with van der Waals surface area (Å²) in [6, 6.07) is 7.24. The number of benzene rings is 1. The number of hydrogen-bond acceptors (Lipinski definition) is 3. The molecule has 0 amide bonds. The molecule has 20 heavy (non-hydrogen) atoms. The number of carbonyl (C=O) groups excluding carboxylic acids is 2. The predicted octanol–water partition coefficient (Wildman–Crippen LogP) is 3.00. The molecule has 3 nitrogen and oxygen atoms in total. The number of ketones is 1. The maximum Gasteiger partial charge on any atom is 0.162 e. The third kappa shape index (κ3) is 3.05. The van der Waals surface area contributed by atoms with Crippen LogP contribution in [0.5, 0.6) is 0 Å². The summed E-state index contributed by atoms with van der Waals surface area (Å²) >= 11 is 0. The SMILES string of the molecule is CC1(C)CC(=O)/C(=C\c2ccc(C=O)cc2)C(C)(C)N1. The normalized spacial score (nSPS) is 22.8. The highest BCUT2D eigenvalue weighted by Crippen LogP contribution is 2.31. The molecule has 0 saturated carbocycles. The van der Waals surface area contributed by atoms with Crippen LogP contribution in [-0.2, 0) is 4.79 Å². The van der Waals surface area contributed by atoms with Crippen LogP contribution in [0.25, 0.3) is 6.08 Å². The Bertz CT molecular complexity index is 565. The van der Waals surface area contributed by atoms with Crippen molar-refractivity contribution in [2.45, 2.75) is 45.2 Å². The molecule has 1 aromatic carbocycles. The second-order valence-corrected chi connectivity index (χ2v) is 6.58. The van der Waals surface area contributed by atoms with E-state index in [1.807, 2.05) is 45.9 Å². The van der Waals surface area contributed by atoms with Gasteiger partial charge in [-0.1, -0.05) is 24.3 Å². The van der Waals surface area contributed by atoms with Gasteiger partial charge in [0.05, 0.1) is 0 Å². The van der Waals surface area contributed by atoms with Crippen molar-refractivity contribution in [3.63, 3.8) is 0 Å². The number of Topliss-reactive ketones (excluding diaryl/α,β-unsaturated/α-hetero) is 1. The first-order valence-corrected chi connectivity index (χ1v) is 6.83. The molecule has 1 aliphatic heterocycles. The minimum absolute atomic E-state index is 0.179. The van der Waals surface area contributed by atoms with Gasteiger partial charge in [0.25, 0.3) is 0 Å². The van der Waals surface area contributed by atoms with Gasteiger partial charge in [0.1, 0.15) is 6.29 Å². The van der Waals surface area contributed by atoms with E-state index < -0.39 is 0 Å². The van der Waals surface area contributed by atoms with E-state index in [1.54, 1.807) is 12.1 Å². The Kier molecular flexibility index (Phi) is 3.65. The van der Waals surface area contributed by atoms with Gasteiger partial charge in [0.2, 0.25) is 0 Å². The molecule has 1 aromatic rings. The number of carbonyl (C=O) groups is 2. The van der Waals surface area contributed by atoms with E-state index in [9.17, 15) is 9.59 Å². The molecule has 1 N–H and O–H groups in total. The standard InChI is InChI=1S/C17H21NO2/c1-16(2)10-15(20)14(17(3,4)18-16)9-12-5-7-13(11-19)8-6-12/h5-9,11,18H,10H2,1-4H3/b14-9+. The van der Waals surface area contributed by atoms with Gasteiger partial charge in [-0.15, -0.1) is 0 Å². The Balaban J connectivity index is 2.36. The molecule has 0 spiro atoms. The van der Waals surface area contributed by atoms with E-state index >= 15 is 0 Å².